The van der Waals surface area contributed by atoms with Crippen molar-refractivity contribution in [1.29, 1.82) is 0 Å². The van der Waals surface area contributed by atoms with Crippen LogP contribution >= 0.6 is 0 Å². The van der Waals surface area contributed by atoms with E-state index in [-0.39, 0.29) is 0 Å². The van der Waals surface area contributed by atoms with Crippen molar-refractivity contribution in [2.24, 2.45) is 5.73 Å². The lowest BCUT2D eigenvalue weighted by Gasteiger charge is -2.15. The van der Waals surface area contributed by atoms with Crippen LogP contribution in [0.25, 0.3) is 0 Å². The number of hydrogen-bond donors (Lipinski definition) is 1. The SMILES string of the molecule is CCCN(C)CCCOc1ccc(CN)cc1. The molecule has 0 atom stereocenters. The van der Waals surface area contributed by atoms with Crippen LogP contribution in [0.2, 0.25) is 0 Å². The highest BCUT2D eigenvalue weighted by molar-refractivity contribution is 5.26. The molecule has 0 aliphatic rings. The van der Waals surface area contributed by atoms with Crippen molar-refractivity contribution < 1.29 is 4.74 Å². The summed E-state index contributed by atoms with van der Waals surface area (Å²) in [4.78, 5) is 2.33. The Hall–Kier alpha value is -1.06. The fourth-order valence-corrected chi connectivity index (χ4v) is 1.74. The van der Waals surface area contributed by atoms with E-state index in [2.05, 4.69) is 18.9 Å². The van der Waals surface area contributed by atoms with E-state index in [1.165, 1.54) is 6.42 Å². The lowest BCUT2D eigenvalue weighted by Crippen LogP contribution is -2.21. The van der Waals surface area contributed by atoms with Gasteiger partial charge in [0.15, 0.2) is 0 Å². The first kappa shape index (κ1) is 14.0. The van der Waals surface area contributed by atoms with Crippen LogP contribution in [0.3, 0.4) is 0 Å². The molecule has 1 aromatic rings. The molecular formula is C14H24N2O. The van der Waals surface area contributed by atoms with Gasteiger partial charge in [-0.1, -0.05) is 19.1 Å². The van der Waals surface area contributed by atoms with Gasteiger partial charge >= 0.3 is 0 Å². The molecule has 0 fully saturated rings. The van der Waals surface area contributed by atoms with E-state index in [4.69, 9.17) is 10.5 Å². The van der Waals surface area contributed by atoms with Crippen molar-refractivity contribution in [2.75, 3.05) is 26.7 Å². The maximum atomic E-state index is 5.67. The summed E-state index contributed by atoms with van der Waals surface area (Å²) in [5, 5.41) is 0. The molecule has 2 N–H and O–H groups in total. The van der Waals surface area contributed by atoms with Gasteiger partial charge in [0.25, 0.3) is 0 Å². The highest BCUT2D eigenvalue weighted by Crippen LogP contribution is 2.11. The fourth-order valence-electron chi connectivity index (χ4n) is 1.74. The minimum Gasteiger partial charge on any atom is -0.494 e. The number of benzene rings is 1. The van der Waals surface area contributed by atoms with Gasteiger partial charge in [-0.15, -0.1) is 0 Å². The number of hydrogen-bond acceptors (Lipinski definition) is 3. The van der Waals surface area contributed by atoms with Crippen LogP contribution in [0, 0.1) is 0 Å². The molecule has 17 heavy (non-hydrogen) atoms. The molecule has 1 aromatic carbocycles. The smallest absolute Gasteiger partial charge is 0.119 e. The second-order valence-corrected chi connectivity index (χ2v) is 4.35. The Labute approximate surface area is 105 Å². The normalized spacial score (nSPS) is 10.8. The van der Waals surface area contributed by atoms with Crippen LogP contribution in [-0.4, -0.2) is 31.6 Å². The Morgan fingerprint density at radius 1 is 1.18 bits per heavy atom. The zero-order chi connectivity index (χ0) is 12.5. The van der Waals surface area contributed by atoms with E-state index in [0.717, 1.165) is 37.4 Å². The molecule has 0 radical (unpaired) electrons. The van der Waals surface area contributed by atoms with Crippen molar-refractivity contribution >= 4 is 0 Å². The largest absolute Gasteiger partial charge is 0.494 e. The summed E-state index contributed by atoms with van der Waals surface area (Å²) in [6, 6.07) is 7.99. The molecular weight excluding hydrogens is 212 g/mol. The molecule has 0 aromatic heterocycles. The highest BCUT2D eigenvalue weighted by atomic mass is 16.5. The third kappa shape index (κ3) is 5.71. The Balaban J connectivity index is 2.17. The van der Waals surface area contributed by atoms with Crippen LogP contribution in [0.1, 0.15) is 25.3 Å². The summed E-state index contributed by atoms with van der Waals surface area (Å²) < 4.78 is 5.67. The monoisotopic (exact) mass is 236 g/mol. The van der Waals surface area contributed by atoms with Gasteiger partial charge in [0.05, 0.1) is 6.61 Å². The predicted molar refractivity (Wildman–Crippen MR) is 72.2 cm³/mol. The molecule has 0 heterocycles. The lowest BCUT2D eigenvalue weighted by molar-refractivity contribution is 0.263. The van der Waals surface area contributed by atoms with Crippen molar-refractivity contribution in [3.63, 3.8) is 0 Å². The van der Waals surface area contributed by atoms with E-state index in [1.807, 2.05) is 24.3 Å². The highest BCUT2D eigenvalue weighted by Gasteiger charge is 1.97. The standard InChI is InChI=1S/C14H24N2O/c1-3-9-16(2)10-4-11-17-14-7-5-13(12-15)6-8-14/h5-8H,3-4,9-12,15H2,1-2H3. The van der Waals surface area contributed by atoms with Gasteiger partial charge in [-0.2, -0.15) is 0 Å². The first-order chi connectivity index (χ1) is 8.26. The fraction of sp³-hybridized carbons (Fsp3) is 0.571. The van der Waals surface area contributed by atoms with Gasteiger partial charge in [-0.3, -0.25) is 0 Å². The van der Waals surface area contributed by atoms with E-state index in [0.29, 0.717) is 6.54 Å². The van der Waals surface area contributed by atoms with E-state index in [1.54, 1.807) is 0 Å². The molecule has 0 spiro atoms. The summed E-state index contributed by atoms with van der Waals surface area (Å²) in [6.07, 6.45) is 2.27. The molecule has 3 nitrogen and oxygen atoms in total. The van der Waals surface area contributed by atoms with Gasteiger partial charge in [0.1, 0.15) is 5.75 Å². The summed E-state index contributed by atoms with van der Waals surface area (Å²) in [7, 11) is 2.15. The molecule has 1 rings (SSSR count). The Morgan fingerprint density at radius 2 is 1.88 bits per heavy atom. The third-order valence-electron chi connectivity index (χ3n) is 2.72. The maximum Gasteiger partial charge on any atom is 0.119 e. The van der Waals surface area contributed by atoms with Crippen LogP contribution in [0.15, 0.2) is 24.3 Å². The van der Waals surface area contributed by atoms with Crippen molar-refractivity contribution in [3.8, 4) is 5.75 Å². The van der Waals surface area contributed by atoms with Gasteiger partial charge in [-0.25, -0.2) is 0 Å². The first-order valence-electron chi connectivity index (χ1n) is 6.36. The molecule has 3 heteroatoms. The van der Waals surface area contributed by atoms with Gasteiger partial charge < -0.3 is 15.4 Å². The summed E-state index contributed by atoms with van der Waals surface area (Å²) in [5.41, 5.74) is 6.68. The zero-order valence-electron chi connectivity index (χ0n) is 11.0. The summed E-state index contributed by atoms with van der Waals surface area (Å²) in [5.74, 6) is 0.931. The van der Waals surface area contributed by atoms with E-state index in [9.17, 15) is 0 Å². The van der Waals surface area contributed by atoms with Crippen molar-refractivity contribution in [2.45, 2.75) is 26.3 Å². The average molecular weight is 236 g/mol. The van der Waals surface area contributed by atoms with Crippen molar-refractivity contribution in [3.05, 3.63) is 29.8 Å². The van der Waals surface area contributed by atoms with Crippen LogP contribution in [0.5, 0.6) is 5.75 Å². The third-order valence-corrected chi connectivity index (χ3v) is 2.72. The molecule has 0 bridgehead atoms. The van der Waals surface area contributed by atoms with Gasteiger partial charge in [0.2, 0.25) is 0 Å². The quantitative estimate of drug-likeness (QED) is 0.704. The zero-order valence-corrected chi connectivity index (χ0v) is 11.0. The Kier molecular flexibility index (Phi) is 6.67. The minimum atomic E-state index is 0.585. The van der Waals surface area contributed by atoms with Crippen LogP contribution in [0.4, 0.5) is 0 Å². The summed E-state index contributed by atoms with van der Waals surface area (Å²) >= 11 is 0. The molecule has 0 unspecified atom stereocenters. The number of rotatable bonds is 8. The topological polar surface area (TPSA) is 38.5 Å². The van der Waals surface area contributed by atoms with E-state index >= 15 is 0 Å². The molecule has 0 aliphatic carbocycles. The van der Waals surface area contributed by atoms with Crippen molar-refractivity contribution in [1.82, 2.24) is 4.90 Å². The van der Waals surface area contributed by atoms with Crippen LogP contribution < -0.4 is 10.5 Å². The number of nitrogens with zero attached hydrogens (tertiary/aromatic N) is 1. The molecule has 0 amide bonds. The first-order valence-corrected chi connectivity index (χ1v) is 6.36. The summed E-state index contributed by atoms with van der Waals surface area (Å²) in [6.45, 7) is 5.81. The molecule has 0 saturated carbocycles. The lowest BCUT2D eigenvalue weighted by atomic mass is 10.2. The maximum absolute atomic E-state index is 5.67. The number of ether oxygens (including phenoxy) is 1. The molecule has 0 aliphatic heterocycles. The van der Waals surface area contributed by atoms with E-state index < -0.39 is 0 Å². The molecule has 0 saturated heterocycles. The Morgan fingerprint density at radius 3 is 2.47 bits per heavy atom. The minimum absolute atomic E-state index is 0.585. The number of nitrogens with two attached hydrogens (primary N) is 1. The van der Waals surface area contributed by atoms with Gasteiger partial charge in [0, 0.05) is 13.1 Å². The van der Waals surface area contributed by atoms with Crippen LogP contribution in [-0.2, 0) is 6.54 Å². The Bertz CT molecular complexity index is 298. The predicted octanol–water partition coefficient (Wildman–Crippen LogP) is 2.26. The second kappa shape index (κ2) is 8.09. The van der Waals surface area contributed by atoms with Gasteiger partial charge in [-0.05, 0) is 44.1 Å². The second-order valence-electron chi connectivity index (χ2n) is 4.35. The average Bonchev–Trinajstić information content (AvgIpc) is 2.36. The molecule has 96 valence electrons.